The molecule has 0 radical (unpaired) electrons. The molecule has 14 heavy (non-hydrogen) atoms. The van der Waals surface area contributed by atoms with E-state index >= 15 is 0 Å². The molecule has 0 fully saturated rings. The monoisotopic (exact) mass is 201 g/mol. The van der Waals surface area contributed by atoms with E-state index in [9.17, 15) is 9.59 Å². The van der Waals surface area contributed by atoms with Crippen LogP contribution < -0.4 is 5.73 Å². The number of aliphatic carboxylic acids is 1. The summed E-state index contributed by atoms with van der Waals surface area (Å²) in [4.78, 5) is 21.1. The van der Waals surface area contributed by atoms with Crippen molar-refractivity contribution < 1.29 is 19.4 Å². The maximum Gasteiger partial charge on any atom is 0.307 e. The number of ether oxygens (including phenoxy) is 1. The second-order valence-corrected chi connectivity index (χ2v) is 2.87. The quantitative estimate of drug-likeness (QED) is 0.456. The minimum atomic E-state index is -0.917. The lowest BCUT2D eigenvalue weighted by atomic mass is 10.1. The Morgan fingerprint density at radius 3 is 2.71 bits per heavy atom. The average molecular weight is 201 g/mol. The summed E-state index contributed by atoms with van der Waals surface area (Å²) in [5.41, 5.74) is 5.50. The van der Waals surface area contributed by atoms with Gasteiger partial charge in [-0.05, 0) is 6.42 Å². The third-order valence-electron chi connectivity index (χ3n) is 1.52. The lowest BCUT2D eigenvalue weighted by Gasteiger charge is -2.08. The molecule has 0 aliphatic rings. The third kappa shape index (κ3) is 7.30. The molecule has 0 aromatic rings. The van der Waals surface area contributed by atoms with E-state index in [0.717, 1.165) is 0 Å². The van der Waals surface area contributed by atoms with Crippen LogP contribution in [-0.2, 0) is 14.3 Å². The van der Waals surface area contributed by atoms with Crippen LogP contribution in [0.2, 0.25) is 0 Å². The fraction of sp³-hybridized carbons (Fsp3) is 0.556. The summed E-state index contributed by atoms with van der Waals surface area (Å²) in [7, 11) is 0. The Labute approximate surface area is 82.5 Å². The van der Waals surface area contributed by atoms with Crippen molar-refractivity contribution in [1.82, 2.24) is 0 Å². The van der Waals surface area contributed by atoms with Crippen LogP contribution in [0, 0.1) is 0 Å². The number of nitrogens with two attached hydrogens (primary N) is 1. The van der Waals surface area contributed by atoms with Gasteiger partial charge < -0.3 is 15.6 Å². The van der Waals surface area contributed by atoms with Gasteiger partial charge in [-0.1, -0.05) is 12.7 Å². The van der Waals surface area contributed by atoms with Crippen molar-refractivity contribution in [2.45, 2.75) is 25.3 Å². The average Bonchev–Trinajstić information content (AvgIpc) is 2.11. The lowest BCUT2D eigenvalue weighted by Crippen LogP contribution is -2.25. The maximum atomic E-state index is 11.0. The fourth-order valence-electron chi connectivity index (χ4n) is 0.836. The molecule has 0 aromatic carbocycles. The van der Waals surface area contributed by atoms with Crippen molar-refractivity contribution in [3.8, 4) is 0 Å². The van der Waals surface area contributed by atoms with Crippen LogP contribution in [0.25, 0.3) is 0 Å². The van der Waals surface area contributed by atoms with Crippen molar-refractivity contribution in [2.75, 3.05) is 6.61 Å². The van der Waals surface area contributed by atoms with E-state index in [4.69, 9.17) is 10.8 Å². The Morgan fingerprint density at radius 1 is 1.57 bits per heavy atom. The number of carboxylic acids is 1. The molecule has 0 aliphatic carbocycles. The predicted octanol–water partition coefficient (Wildman–Crippen LogP) is 0.298. The number of carboxylic acid groups (broad SMARTS) is 1. The molecule has 0 rings (SSSR count). The molecule has 0 spiro atoms. The van der Waals surface area contributed by atoms with Crippen LogP contribution in [0.1, 0.15) is 19.3 Å². The van der Waals surface area contributed by atoms with Gasteiger partial charge in [0.1, 0.15) is 6.61 Å². The first-order chi connectivity index (χ1) is 6.56. The summed E-state index contributed by atoms with van der Waals surface area (Å²) in [6.07, 6.45) is 1.75. The van der Waals surface area contributed by atoms with Gasteiger partial charge in [0.15, 0.2) is 0 Å². The van der Waals surface area contributed by atoms with E-state index in [2.05, 4.69) is 11.3 Å². The van der Waals surface area contributed by atoms with Gasteiger partial charge >= 0.3 is 11.9 Å². The van der Waals surface area contributed by atoms with Crippen LogP contribution in [0.15, 0.2) is 12.7 Å². The molecule has 1 atom stereocenters. The third-order valence-corrected chi connectivity index (χ3v) is 1.52. The maximum absolute atomic E-state index is 11.0. The van der Waals surface area contributed by atoms with Gasteiger partial charge in [0.05, 0.1) is 6.42 Å². The summed E-state index contributed by atoms with van der Waals surface area (Å²) in [5, 5.41) is 8.35. The van der Waals surface area contributed by atoms with Gasteiger partial charge in [0.2, 0.25) is 0 Å². The summed E-state index contributed by atoms with van der Waals surface area (Å²) >= 11 is 0. The van der Waals surface area contributed by atoms with E-state index in [1.807, 2.05) is 0 Å². The zero-order chi connectivity index (χ0) is 11.0. The largest absolute Gasteiger partial charge is 0.481 e. The molecule has 1 unspecified atom stereocenters. The van der Waals surface area contributed by atoms with Crippen LogP contribution >= 0.6 is 0 Å². The molecule has 5 heteroatoms. The molecule has 0 heterocycles. The van der Waals surface area contributed by atoms with Gasteiger partial charge in [-0.25, -0.2) is 0 Å². The second kappa shape index (κ2) is 7.08. The van der Waals surface area contributed by atoms with Crippen molar-refractivity contribution in [3.63, 3.8) is 0 Å². The number of esters is 1. The van der Waals surface area contributed by atoms with Crippen LogP contribution in [0.3, 0.4) is 0 Å². The normalized spacial score (nSPS) is 11.8. The molecule has 5 nitrogen and oxygen atoms in total. The summed E-state index contributed by atoms with van der Waals surface area (Å²) in [6, 6.07) is -0.455. The Balaban J connectivity index is 3.59. The molecule has 0 saturated carbocycles. The highest BCUT2D eigenvalue weighted by Gasteiger charge is 2.11. The Hall–Kier alpha value is -1.36. The Bertz CT molecular complexity index is 215. The van der Waals surface area contributed by atoms with Crippen molar-refractivity contribution in [1.29, 1.82) is 0 Å². The first-order valence-corrected chi connectivity index (χ1v) is 4.30. The van der Waals surface area contributed by atoms with E-state index in [0.29, 0.717) is 0 Å². The highest BCUT2D eigenvalue weighted by atomic mass is 16.5. The Kier molecular flexibility index (Phi) is 6.39. The number of hydrogen-bond donors (Lipinski definition) is 2. The zero-order valence-electron chi connectivity index (χ0n) is 7.94. The fourth-order valence-corrected chi connectivity index (χ4v) is 0.836. The van der Waals surface area contributed by atoms with E-state index in [-0.39, 0.29) is 25.9 Å². The minimum Gasteiger partial charge on any atom is -0.481 e. The number of hydrogen-bond acceptors (Lipinski definition) is 4. The topological polar surface area (TPSA) is 89.6 Å². The number of carbonyl (C=O) groups excluding carboxylic acids is 1. The van der Waals surface area contributed by atoms with E-state index in [1.165, 1.54) is 6.08 Å². The summed E-state index contributed by atoms with van der Waals surface area (Å²) < 4.78 is 4.68. The molecule has 3 N–H and O–H groups in total. The number of carbonyl (C=O) groups is 2. The van der Waals surface area contributed by atoms with Gasteiger partial charge in [0, 0.05) is 12.5 Å². The molecule has 0 aromatic heterocycles. The summed E-state index contributed by atoms with van der Waals surface area (Å²) in [5.74, 6) is -1.34. The summed E-state index contributed by atoms with van der Waals surface area (Å²) in [6.45, 7) is 3.54. The standard InChI is InChI=1S/C9H15NO4/c1-2-5-14-9(13)6-7(10)3-4-8(11)12/h2,7H,1,3-6,10H2,(H,11,12). The smallest absolute Gasteiger partial charge is 0.307 e. The van der Waals surface area contributed by atoms with Crippen LogP contribution in [-0.4, -0.2) is 29.7 Å². The van der Waals surface area contributed by atoms with E-state index < -0.39 is 18.0 Å². The van der Waals surface area contributed by atoms with Crippen molar-refractivity contribution in [3.05, 3.63) is 12.7 Å². The van der Waals surface area contributed by atoms with Crippen LogP contribution in [0.4, 0.5) is 0 Å². The molecule has 0 bridgehead atoms. The lowest BCUT2D eigenvalue weighted by molar-refractivity contribution is -0.143. The highest BCUT2D eigenvalue weighted by molar-refractivity contribution is 5.70. The first kappa shape index (κ1) is 12.6. The molecular weight excluding hydrogens is 186 g/mol. The van der Waals surface area contributed by atoms with Gasteiger partial charge in [-0.3, -0.25) is 9.59 Å². The van der Waals surface area contributed by atoms with Crippen molar-refractivity contribution in [2.24, 2.45) is 5.73 Å². The van der Waals surface area contributed by atoms with Gasteiger partial charge in [-0.2, -0.15) is 0 Å². The molecule has 0 amide bonds. The van der Waals surface area contributed by atoms with Crippen LogP contribution in [0.5, 0.6) is 0 Å². The highest BCUT2D eigenvalue weighted by Crippen LogP contribution is 2.00. The van der Waals surface area contributed by atoms with Crippen molar-refractivity contribution >= 4 is 11.9 Å². The van der Waals surface area contributed by atoms with Gasteiger partial charge in [-0.15, -0.1) is 0 Å². The first-order valence-electron chi connectivity index (χ1n) is 4.30. The van der Waals surface area contributed by atoms with E-state index in [1.54, 1.807) is 0 Å². The SMILES string of the molecule is C=CCOC(=O)CC(N)CCC(=O)O. The molecule has 80 valence electrons. The molecule has 0 saturated heterocycles. The molecule has 0 aliphatic heterocycles. The Morgan fingerprint density at radius 2 is 2.21 bits per heavy atom. The molecular formula is C9H15NO4. The number of rotatable bonds is 7. The predicted molar refractivity (Wildman–Crippen MR) is 50.6 cm³/mol. The minimum absolute atomic E-state index is 0.0318. The second-order valence-electron chi connectivity index (χ2n) is 2.87. The zero-order valence-corrected chi connectivity index (χ0v) is 7.94. The van der Waals surface area contributed by atoms with Gasteiger partial charge in [0.25, 0.3) is 0 Å².